The fourth-order valence-corrected chi connectivity index (χ4v) is 2.84. The van der Waals surface area contributed by atoms with E-state index in [9.17, 15) is 19.2 Å². The zero-order valence-electron chi connectivity index (χ0n) is 22.2. The third kappa shape index (κ3) is 21.4. The predicted octanol–water partition coefficient (Wildman–Crippen LogP) is -2.17. The summed E-state index contributed by atoms with van der Waals surface area (Å²) >= 11 is 0. The molecule has 0 spiro atoms. The molecule has 0 saturated heterocycles. The van der Waals surface area contributed by atoms with E-state index in [0.717, 1.165) is 42.4 Å². The van der Waals surface area contributed by atoms with Crippen molar-refractivity contribution in [2.45, 2.75) is 52.0 Å². The van der Waals surface area contributed by atoms with Crippen LogP contribution in [-0.4, -0.2) is 57.4 Å². The summed E-state index contributed by atoms with van der Waals surface area (Å²) in [4.78, 5) is 45.6. The summed E-state index contributed by atoms with van der Waals surface area (Å²) in [6.07, 6.45) is 6.43. The normalized spacial score (nSPS) is 10.3. The van der Waals surface area contributed by atoms with Gasteiger partial charge in [-0.1, -0.05) is 49.2 Å². The van der Waals surface area contributed by atoms with Crippen LogP contribution in [0.5, 0.6) is 0 Å². The van der Waals surface area contributed by atoms with Crippen LogP contribution in [0.3, 0.4) is 0 Å². The van der Waals surface area contributed by atoms with Gasteiger partial charge in [-0.2, -0.15) is 0 Å². The largest absolute Gasteiger partial charge is 1.00 e. The van der Waals surface area contributed by atoms with Gasteiger partial charge in [-0.25, -0.2) is 0 Å². The molecule has 0 heterocycles. The van der Waals surface area contributed by atoms with E-state index >= 15 is 0 Å². The topological polar surface area (TPSA) is 130 Å². The average molecular weight is 646 g/mol. The van der Waals surface area contributed by atoms with Gasteiger partial charge in [0.2, 0.25) is 0 Å². The van der Waals surface area contributed by atoms with Gasteiger partial charge >= 0.3 is 116 Å². The Morgan fingerprint density at radius 3 is 2.36 bits per heavy atom. The number of unbranched alkanes of at least 4 members (excludes halogenated alkanes) is 3. The number of hydrogen-bond acceptors (Lipinski definition) is 6. The molecule has 0 fully saturated rings. The van der Waals surface area contributed by atoms with Crippen LogP contribution in [0.1, 0.15) is 51.6 Å². The number of ether oxygens (including phenoxy) is 1. The van der Waals surface area contributed by atoms with E-state index in [4.69, 9.17) is 4.74 Å². The number of ketones is 1. The van der Waals surface area contributed by atoms with Crippen LogP contribution in [0, 0.1) is 0 Å². The monoisotopic (exact) mass is 644 g/mol. The number of hydrogen-bond donors (Lipinski definition) is 2. The summed E-state index contributed by atoms with van der Waals surface area (Å²) in [5.74, 6) is -0.330. The van der Waals surface area contributed by atoms with Crippen molar-refractivity contribution in [3.05, 3.63) is 57.8 Å². The molecule has 0 aliphatic carbocycles. The van der Waals surface area contributed by atoms with E-state index in [2.05, 4.69) is 21.3 Å². The second kappa shape index (κ2) is 25.7. The van der Waals surface area contributed by atoms with Crippen LogP contribution in [0.25, 0.3) is 10.6 Å². The molecular formula is C25H38N4O5Rb2. The summed E-state index contributed by atoms with van der Waals surface area (Å²) in [6.45, 7) is 3.15. The van der Waals surface area contributed by atoms with Crippen LogP contribution in [0.2, 0.25) is 0 Å². The molecule has 1 aromatic carbocycles. The molecule has 2 N–H and O–H groups in total. The quantitative estimate of drug-likeness (QED) is 0.106. The first-order valence-electron chi connectivity index (χ1n) is 11.6. The van der Waals surface area contributed by atoms with Crippen LogP contribution >= 0.6 is 0 Å². The standard InChI is InChI=1S/C25H38N4O5.2Rb.H2/c1-20(26-2)16-23(31)17-21-8-10-22(11-9-21)18-29-24(32)19-34-15-7-13-28-25(33)27-12-5-3-4-6-14-30;;;/h8-11,14,16H,3-7,12-13,15,17-19H2,1-2H3,(H4,26,27,28,29,31,32,33);;;1H/q;2*+1;/p-2. The van der Waals surface area contributed by atoms with Crippen LogP contribution in [0.4, 0.5) is 4.79 Å². The predicted molar refractivity (Wildman–Crippen MR) is 134 cm³/mol. The molecule has 0 atom stereocenters. The van der Waals surface area contributed by atoms with Crippen molar-refractivity contribution < 1.29 is 142 Å². The Balaban J connectivity index is -0.00000385. The van der Waals surface area contributed by atoms with Crippen LogP contribution in [-0.2, 0) is 32.1 Å². The molecule has 1 aromatic rings. The van der Waals surface area contributed by atoms with Crippen LogP contribution < -0.4 is 127 Å². The Labute approximate surface area is 314 Å². The summed E-state index contributed by atoms with van der Waals surface area (Å²) in [5.41, 5.74) is 2.59. The first-order chi connectivity index (χ1) is 16.4. The second-order valence-corrected chi connectivity index (χ2v) is 7.78. The number of rotatable bonds is 18. The molecule has 0 radical (unpaired) electrons. The molecule has 0 saturated carbocycles. The molecule has 1 rings (SSSR count). The van der Waals surface area contributed by atoms with Gasteiger partial charge in [-0.05, 0) is 31.9 Å². The average Bonchev–Trinajstić information content (AvgIpc) is 2.82. The van der Waals surface area contributed by atoms with Crippen molar-refractivity contribution in [1.82, 2.24) is 10.6 Å². The molecular weight excluding hydrogens is 607 g/mol. The first-order valence-corrected chi connectivity index (χ1v) is 11.6. The molecule has 36 heavy (non-hydrogen) atoms. The van der Waals surface area contributed by atoms with E-state index in [1.54, 1.807) is 13.1 Å². The Morgan fingerprint density at radius 2 is 1.69 bits per heavy atom. The summed E-state index contributed by atoms with van der Waals surface area (Å²) in [7, 11) is 1.77. The van der Waals surface area contributed by atoms with Crippen molar-refractivity contribution in [1.29, 1.82) is 0 Å². The smallest absolute Gasteiger partial charge is 0.648 e. The Bertz CT molecular complexity index is 811. The zero-order valence-corrected chi connectivity index (χ0v) is 32.0. The molecule has 0 bridgehead atoms. The number of benzene rings is 1. The van der Waals surface area contributed by atoms with E-state index in [1.807, 2.05) is 31.2 Å². The molecule has 0 aliphatic heterocycles. The Morgan fingerprint density at radius 1 is 1.00 bits per heavy atom. The minimum absolute atomic E-state index is 0. The summed E-state index contributed by atoms with van der Waals surface area (Å²) in [5, 5.41) is 13.5. The maximum atomic E-state index is 11.9. The minimum Gasteiger partial charge on any atom is -0.648 e. The van der Waals surface area contributed by atoms with E-state index < -0.39 is 0 Å². The van der Waals surface area contributed by atoms with Gasteiger partial charge < -0.3 is 35.6 Å². The maximum Gasteiger partial charge on any atom is 1.00 e. The molecule has 190 valence electrons. The van der Waals surface area contributed by atoms with Gasteiger partial charge in [0.25, 0.3) is 0 Å². The Kier molecular flexibility index (Phi) is 27.5. The molecule has 9 nitrogen and oxygen atoms in total. The maximum absolute atomic E-state index is 11.9. The van der Waals surface area contributed by atoms with Gasteiger partial charge in [0.15, 0.2) is 11.8 Å². The third-order valence-corrected chi connectivity index (χ3v) is 4.81. The van der Waals surface area contributed by atoms with Gasteiger partial charge in [0, 0.05) is 39.7 Å². The number of nitrogens with one attached hydrogen (secondary N) is 2. The number of carbonyl (C=O) groups is 4. The number of nitrogens with zero attached hydrogens (tertiary/aromatic N) is 2. The molecule has 3 amide bonds. The summed E-state index contributed by atoms with van der Waals surface area (Å²) < 4.78 is 5.29. The molecule has 0 unspecified atom stereocenters. The van der Waals surface area contributed by atoms with Crippen molar-refractivity contribution in [3.8, 4) is 0 Å². The van der Waals surface area contributed by atoms with Gasteiger partial charge in [-0.15, -0.1) is 6.54 Å². The number of allylic oxidation sites excluding steroid dienone is 2. The Hall–Kier alpha value is 0.410. The van der Waals surface area contributed by atoms with Crippen molar-refractivity contribution >= 4 is 24.0 Å². The van der Waals surface area contributed by atoms with Gasteiger partial charge in [-0.3, -0.25) is 9.59 Å². The van der Waals surface area contributed by atoms with Gasteiger partial charge in [0.1, 0.15) is 6.29 Å². The molecule has 11 heteroatoms. The number of amides is 3. The number of aldehydes is 1. The number of carbonyl (C=O) groups excluding carboxylic acids is 4. The van der Waals surface area contributed by atoms with Crippen molar-refractivity contribution in [2.24, 2.45) is 0 Å². The SMILES string of the molecule is CN/C(C)=C\C(=O)Cc1ccc(C[N-]C(=O)COCCC[N-]C(=O)NCCCCCC=O)cc1.[HH].[Rb+].[Rb+]. The molecule has 0 aromatic heterocycles. The van der Waals surface area contributed by atoms with Crippen molar-refractivity contribution in [3.63, 3.8) is 0 Å². The van der Waals surface area contributed by atoms with Crippen LogP contribution in [0.15, 0.2) is 36.0 Å². The van der Waals surface area contributed by atoms with E-state index in [0.29, 0.717) is 39.0 Å². The number of urea groups is 1. The van der Waals surface area contributed by atoms with Crippen molar-refractivity contribution in [2.75, 3.05) is 33.4 Å². The third-order valence-electron chi connectivity index (χ3n) is 4.81. The minimum atomic E-state index is -0.360. The van der Waals surface area contributed by atoms with E-state index in [1.165, 1.54) is 0 Å². The zero-order chi connectivity index (χ0) is 25.0. The second-order valence-electron chi connectivity index (χ2n) is 7.78. The molecule has 0 aliphatic rings. The van der Waals surface area contributed by atoms with Gasteiger partial charge in [0.05, 0.1) is 12.5 Å². The summed E-state index contributed by atoms with van der Waals surface area (Å²) in [6, 6.07) is 7.07. The van der Waals surface area contributed by atoms with E-state index in [-0.39, 0.29) is 149 Å². The fourth-order valence-electron chi connectivity index (χ4n) is 2.84. The fraction of sp³-hybridized carbons (Fsp3) is 0.520. The first kappa shape index (κ1) is 38.6.